The molecule has 16 heavy (non-hydrogen) atoms. The molecule has 0 unspecified atom stereocenters. The van der Waals surface area contributed by atoms with Crippen LogP contribution in [-0.4, -0.2) is 0 Å². The first-order valence-corrected chi connectivity index (χ1v) is 5.36. The summed E-state index contributed by atoms with van der Waals surface area (Å²) < 4.78 is 0. The second kappa shape index (κ2) is 6.46. The van der Waals surface area contributed by atoms with Gasteiger partial charge in [-0.15, -0.1) is 25.0 Å². The monoisotopic (exact) mass is 251 g/mol. The molecule has 3 heteroatoms. The van der Waals surface area contributed by atoms with Gasteiger partial charge in [-0.25, -0.2) is 0 Å². The third-order valence-electron chi connectivity index (χ3n) is 2.21. The summed E-state index contributed by atoms with van der Waals surface area (Å²) in [5.41, 5.74) is 2.41. The lowest BCUT2D eigenvalue weighted by atomic mass is 10.2. The van der Waals surface area contributed by atoms with E-state index in [1.807, 2.05) is 42.5 Å². The fraction of sp³-hybridized carbons (Fsp3) is 0.0769. The molecule has 0 saturated heterocycles. The molecule has 1 nitrogen and oxygen atoms in total. The van der Waals surface area contributed by atoms with Crippen molar-refractivity contribution in [3.8, 4) is 0 Å². The first-order valence-electron chi connectivity index (χ1n) is 4.91. The number of hydrogen-bond acceptors (Lipinski definition) is 2. The SMILES string of the molecule is Cl.Sc1ccc(NCc2ccccc2)cc1. The van der Waals surface area contributed by atoms with E-state index in [4.69, 9.17) is 0 Å². The Morgan fingerprint density at radius 3 is 2.12 bits per heavy atom. The number of benzene rings is 2. The van der Waals surface area contributed by atoms with Crippen LogP contribution in [0, 0.1) is 0 Å². The zero-order valence-corrected chi connectivity index (χ0v) is 10.5. The van der Waals surface area contributed by atoms with Crippen molar-refractivity contribution in [3.63, 3.8) is 0 Å². The van der Waals surface area contributed by atoms with Crippen molar-refractivity contribution in [3.05, 3.63) is 60.2 Å². The molecule has 0 aromatic heterocycles. The van der Waals surface area contributed by atoms with E-state index in [1.165, 1.54) is 5.56 Å². The van der Waals surface area contributed by atoms with Gasteiger partial charge in [0.25, 0.3) is 0 Å². The first-order chi connectivity index (χ1) is 7.34. The zero-order chi connectivity index (χ0) is 10.5. The van der Waals surface area contributed by atoms with Gasteiger partial charge < -0.3 is 5.32 Å². The molecule has 0 aliphatic heterocycles. The van der Waals surface area contributed by atoms with Crippen LogP contribution in [0.15, 0.2) is 59.5 Å². The van der Waals surface area contributed by atoms with Crippen LogP contribution in [0.1, 0.15) is 5.56 Å². The second-order valence-corrected chi connectivity index (χ2v) is 3.90. The van der Waals surface area contributed by atoms with Gasteiger partial charge in [-0.2, -0.15) is 0 Å². The minimum absolute atomic E-state index is 0. The number of nitrogens with one attached hydrogen (secondary N) is 1. The summed E-state index contributed by atoms with van der Waals surface area (Å²) in [6.45, 7) is 0.854. The Labute approximate surface area is 108 Å². The molecule has 1 N–H and O–H groups in total. The van der Waals surface area contributed by atoms with Crippen LogP contribution in [0.2, 0.25) is 0 Å². The predicted octanol–water partition coefficient (Wildman–Crippen LogP) is 4.01. The van der Waals surface area contributed by atoms with Gasteiger partial charge in [-0.3, -0.25) is 0 Å². The molecule has 2 rings (SSSR count). The molecule has 0 bridgehead atoms. The quantitative estimate of drug-likeness (QED) is 0.786. The highest BCUT2D eigenvalue weighted by atomic mass is 35.5. The summed E-state index contributed by atoms with van der Waals surface area (Å²) in [7, 11) is 0. The van der Waals surface area contributed by atoms with E-state index in [0.29, 0.717) is 0 Å². The molecule has 2 aromatic rings. The molecule has 0 spiro atoms. The van der Waals surface area contributed by atoms with Crippen molar-refractivity contribution < 1.29 is 0 Å². The van der Waals surface area contributed by atoms with Crippen LogP contribution in [0.5, 0.6) is 0 Å². The van der Waals surface area contributed by atoms with Crippen LogP contribution in [0.3, 0.4) is 0 Å². The zero-order valence-electron chi connectivity index (χ0n) is 8.76. The fourth-order valence-corrected chi connectivity index (χ4v) is 1.53. The first kappa shape index (κ1) is 12.9. The predicted molar refractivity (Wildman–Crippen MR) is 74.7 cm³/mol. The summed E-state index contributed by atoms with van der Waals surface area (Å²) in [5.74, 6) is 0. The molecule has 0 aliphatic carbocycles. The van der Waals surface area contributed by atoms with E-state index < -0.39 is 0 Å². The lowest BCUT2D eigenvalue weighted by Crippen LogP contribution is -1.98. The summed E-state index contributed by atoms with van der Waals surface area (Å²) in [6, 6.07) is 18.4. The van der Waals surface area contributed by atoms with Crippen molar-refractivity contribution in [2.24, 2.45) is 0 Å². The van der Waals surface area contributed by atoms with E-state index in [-0.39, 0.29) is 12.4 Å². The van der Waals surface area contributed by atoms with Crippen LogP contribution >= 0.6 is 25.0 Å². The van der Waals surface area contributed by atoms with Crippen LogP contribution in [0.4, 0.5) is 5.69 Å². The van der Waals surface area contributed by atoms with Gasteiger partial charge in [0.05, 0.1) is 0 Å². The Morgan fingerprint density at radius 2 is 1.50 bits per heavy atom. The molecular weight excluding hydrogens is 238 g/mol. The van der Waals surface area contributed by atoms with E-state index >= 15 is 0 Å². The van der Waals surface area contributed by atoms with Gasteiger partial charge in [0.1, 0.15) is 0 Å². The van der Waals surface area contributed by atoms with Crippen LogP contribution in [-0.2, 0) is 6.54 Å². The molecule has 0 aliphatic rings. The minimum Gasteiger partial charge on any atom is -0.381 e. The topological polar surface area (TPSA) is 12.0 Å². The Balaban J connectivity index is 0.00000128. The summed E-state index contributed by atoms with van der Waals surface area (Å²) in [5, 5.41) is 3.35. The Morgan fingerprint density at radius 1 is 0.875 bits per heavy atom. The summed E-state index contributed by atoms with van der Waals surface area (Å²) in [6.07, 6.45) is 0. The van der Waals surface area contributed by atoms with Crippen molar-refractivity contribution in [1.82, 2.24) is 0 Å². The lowest BCUT2D eigenvalue weighted by Gasteiger charge is -2.06. The second-order valence-electron chi connectivity index (χ2n) is 3.39. The maximum absolute atomic E-state index is 4.24. The maximum atomic E-state index is 4.24. The van der Waals surface area contributed by atoms with E-state index in [2.05, 4.69) is 30.1 Å². The number of hydrogen-bond donors (Lipinski definition) is 2. The van der Waals surface area contributed by atoms with Crippen molar-refractivity contribution in [1.29, 1.82) is 0 Å². The van der Waals surface area contributed by atoms with Gasteiger partial charge in [0.2, 0.25) is 0 Å². The molecule has 0 radical (unpaired) electrons. The molecule has 2 aromatic carbocycles. The fourth-order valence-electron chi connectivity index (χ4n) is 1.38. The van der Waals surface area contributed by atoms with Gasteiger partial charge >= 0.3 is 0 Å². The van der Waals surface area contributed by atoms with E-state index in [1.54, 1.807) is 0 Å². The highest BCUT2D eigenvalue weighted by molar-refractivity contribution is 7.80. The number of rotatable bonds is 3. The number of anilines is 1. The van der Waals surface area contributed by atoms with Crippen molar-refractivity contribution in [2.75, 3.05) is 5.32 Å². The van der Waals surface area contributed by atoms with E-state index in [9.17, 15) is 0 Å². The standard InChI is InChI=1S/C13H13NS.ClH/c15-13-8-6-12(7-9-13)14-10-11-4-2-1-3-5-11;/h1-9,14-15H,10H2;1H. The van der Waals surface area contributed by atoms with Crippen LogP contribution < -0.4 is 5.32 Å². The third kappa shape index (κ3) is 3.80. The normalized spacial score (nSPS) is 9.31. The molecule has 0 saturated carbocycles. The average molecular weight is 252 g/mol. The van der Waals surface area contributed by atoms with Gasteiger partial charge in [0, 0.05) is 17.1 Å². The molecule has 84 valence electrons. The highest BCUT2D eigenvalue weighted by Gasteiger charge is 1.92. The largest absolute Gasteiger partial charge is 0.381 e. The van der Waals surface area contributed by atoms with Crippen molar-refractivity contribution >= 4 is 30.7 Å². The molecule has 0 amide bonds. The van der Waals surface area contributed by atoms with E-state index in [0.717, 1.165) is 17.1 Å². The maximum Gasteiger partial charge on any atom is 0.0400 e. The van der Waals surface area contributed by atoms with Gasteiger partial charge in [-0.05, 0) is 29.8 Å². The molecular formula is C13H14ClNS. The number of thiol groups is 1. The molecule has 0 heterocycles. The molecule has 0 atom stereocenters. The van der Waals surface area contributed by atoms with Gasteiger partial charge in [0.15, 0.2) is 0 Å². The summed E-state index contributed by atoms with van der Waals surface area (Å²) >= 11 is 4.24. The lowest BCUT2D eigenvalue weighted by molar-refractivity contribution is 1.15. The van der Waals surface area contributed by atoms with Crippen molar-refractivity contribution in [2.45, 2.75) is 11.4 Å². The Bertz CT molecular complexity index is 414. The van der Waals surface area contributed by atoms with Crippen LogP contribution in [0.25, 0.3) is 0 Å². The number of halogens is 1. The summed E-state index contributed by atoms with van der Waals surface area (Å²) in [4.78, 5) is 0.986. The average Bonchev–Trinajstić information content (AvgIpc) is 2.30. The smallest absolute Gasteiger partial charge is 0.0400 e. The van der Waals surface area contributed by atoms with Gasteiger partial charge in [-0.1, -0.05) is 30.3 Å². The minimum atomic E-state index is 0. The third-order valence-corrected chi connectivity index (χ3v) is 2.50. The highest BCUT2D eigenvalue weighted by Crippen LogP contribution is 2.13. The Hall–Kier alpha value is -1.12. The Kier molecular flexibility index (Phi) is 5.23. The molecule has 0 fully saturated rings.